The molecule has 0 heterocycles. The number of benzene rings is 1. The molecule has 0 aromatic heterocycles. The topological polar surface area (TPSA) is 40.9 Å². The summed E-state index contributed by atoms with van der Waals surface area (Å²) in [5.74, 6) is 0. The van der Waals surface area contributed by atoms with Crippen molar-refractivity contribution < 1.29 is 4.79 Å². The molecule has 0 fully saturated rings. The fourth-order valence-electron chi connectivity index (χ4n) is 0.993. The largest absolute Gasteiger partial charge is 0.279 e. The Bertz CT molecular complexity index is 355. The SMILES string of the molecule is C[C@@](C#N)(C(=O)Cl)c1ccccc1. The molecule has 1 atom stereocenters. The summed E-state index contributed by atoms with van der Waals surface area (Å²) in [6.45, 7) is 1.51. The summed E-state index contributed by atoms with van der Waals surface area (Å²) < 4.78 is 0. The number of nitrogens with zero attached hydrogens (tertiary/aromatic N) is 1. The Labute approximate surface area is 81.7 Å². The first-order valence-electron chi connectivity index (χ1n) is 3.78. The van der Waals surface area contributed by atoms with Gasteiger partial charge in [0.2, 0.25) is 5.24 Å². The van der Waals surface area contributed by atoms with E-state index in [1.165, 1.54) is 6.92 Å². The lowest BCUT2D eigenvalue weighted by molar-refractivity contribution is -0.114. The third-order valence-corrected chi connectivity index (χ3v) is 2.35. The predicted octanol–water partition coefficient (Wildman–Crippen LogP) is 2.23. The van der Waals surface area contributed by atoms with Crippen molar-refractivity contribution in [3.8, 4) is 6.07 Å². The minimum Gasteiger partial charge on any atom is -0.279 e. The van der Waals surface area contributed by atoms with Gasteiger partial charge in [-0.3, -0.25) is 4.79 Å². The summed E-state index contributed by atoms with van der Waals surface area (Å²) in [6, 6.07) is 10.7. The number of carbonyl (C=O) groups excluding carboxylic acids is 1. The third kappa shape index (κ3) is 1.71. The van der Waals surface area contributed by atoms with Crippen LogP contribution in [0.2, 0.25) is 0 Å². The van der Waals surface area contributed by atoms with E-state index in [0.717, 1.165) is 0 Å². The highest BCUT2D eigenvalue weighted by Gasteiger charge is 2.33. The molecule has 1 aromatic rings. The van der Waals surface area contributed by atoms with Crippen molar-refractivity contribution in [2.24, 2.45) is 0 Å². The van der Waals surface area contributed by atoms with Crippen molar-refractivity contribution in [2.45, 2.75) is 12.3 Å². The predicted molar refractivity (Wildman–Crippen MR) is 50.3 cm³/mol. The van der Waals surface area contributed by atoms with Gasteiger partial charge in [-0.05, 0) is 24.1 Å². The molecular weight excluding hydrogens is 186 g/mol. The van der Waals surface area contributed by atoms with Crippen LogP contribution in [0.4, 0.5) is 0 Å². The highest BCUT2D eigenvalue weighted by Crippen LogP contribution is 2.25. The van der Waals surface area contributed by atoms with E-state index in [-0.39, 0.29) is 0 Å². The van der Waals surface area contributed by atoms with E-state index in [4.69, 9.17) is 16.9 Å². The number of rotatable bonds is 2. The molecule has 2 nitrogen and oxygen atoms in total. The minimum atomic E-state index is -1.23. The average molecular weight is 194 g/mol. The number of nitriles is 1. The van der Waals surface area contributed by atoms with Crippen molar-refractivity contribution in [1.29, 1.82) is 5.26 Å². The Kier molecular flexibility index (Phi) is 2.69. The summed E-state index contributed by atoms with van der Waals surface area (Å²) in [7, 11) is 0. The molecule has 3 heteroatoms. The number of halogens is 1. The van der Waals surface area contributed by atoms with Gasteiger partial charge in [0.05, 0.1) is 6.07 Å². The van der Waals surface area contributed by atoms with Gasteiger partial charge in [0.25, 0.3) is 0 Å². The Morgan fingerprint density at radius 3 is 2.38 bits per heavy atom. The molecule has 13 heavy (non-hydrogen) atoms. The van der Waals surface area contributed by atoms with Gasteiger partial charge in [-0.1, -0.05) is 30.3 Å². The highest BCUT2D eigenvalue weighted by atomic mass is 35.5. The molecule has 66 valence electrons. The molecule has 0 unspecified atom stereocenters. The molecule has 0 aliphatic carbocycles. The van der Waals surface area contributed by atoms with Crippen molar-refractivity contribution in [2.75, 3.05) is 0 Å². The van der Waals surface area contributed by atoms with Crippen LogP contribution < -0.4 is 0 Å². The van der Waals surface area contributed by atoms with E-state index in [1.54, 1.807) is 24.3 Å². The molecule has 0 aliphatic rings. The summed E-state index contributed by atoms with van der Waals surface area (Å²) in [5, 5.41) is 8.20. The zero-order chi connectivity index (χ0) is 9.90. The lowest BCUT2D eigenvalue weighted by Gasteiger charge is -2.16. The molecule has 1 rings (SSSR count). The molecule has 0 amide bonds. The van der Waals surface area contributed by atoms with Crippen LogP contribution in [0.15, 0.2) is 30.3 Å². The van der Waals surface area contributed by atoms with Crippen molar-refractivity contribution in [3.05, 3.63) is 35.9 Å². The molecule has 0 saturated carbocycles. The molecule has 0 saturated heterocycles. The highest BCUT2D eigenvalue weighted by molar-refractivity contribution is 6.66. The monoisotopic (exact) mass is 193 g/mol. The zero-order valence-corrected chi connectivity index (χ0v) is 7.88. The van der Waals surface area contributed by atoms with Gasteiger partial charge in [0, 0.05) is 0 Å². The van der Waals surface area contributed by atoms with Crippen LogP contribution in [0.3, 0.4) is 0 Å². The Morgan fingerprint density at radius 2 is 2.00 bits per heavy atom. The Hall–Kier alpha value is -1.33. The van der Waals surface area contributed by atoms with Crippen LogP contribution in [0.5, 0.6) is 0 Å². The second kappa shape index (κ2) is 3.59. The van der Waals surface area contributed by atoms with Crippen LogP contribution in [-0.4, -0.2) is 5.24 Å². The maximum absolute atomic E-state index is 11.0. The van der Waals surface area contributed by atoms with Crippen molar-refractivity contribution >= 4 is 16.8 Å². The van der Waals surface area contributed by atoms with Crippen LogP contribution in [0, 0.1) is 11.3 Å². The van der Waals surface area contributed by atoms with E-state index in [0.29, 0.717) is 5.56 Å². The first-order valence-corrected chi connectivity index (χ1v) is 4.16. The summed E-state index contributed by atoms with van der Waals surface area (Å²) in [5.41, 5.74) is -0.611. The van der Waals surface area contributed by atoms with Gasteiger partial charge in [-0.2, -0.15) is 5.26 Å². The zero-order valence-electron chi connectivity index (χ0n) is 7.12. The second-order valence-corrected chi connectivity index (χ2v) is 3.22. The minimum absolute atomic E-state index is 0.623. The maximum Gasteiger partial charge on any atom is 0.246 e. The summed E-state index contributed by atoms with van der Waals surface area (Å²) >= 11 is 5.36. The van der Waals surface area contributed by atoms with Crippen LogP contribution in [0.25, 0.3) is 0 Å². The third-order valence-electron chi connectivity index (χ3n) is 1.97. The summed E-state index contributed by atoms with van der Waals surface area (Å²) in [6.07, 6.45) is 0. The first kappa shape index (κ1) is 9.76. The van der Waals surface area contributed by atoms with Gasteiger partial charge in [-0.15, -0.1) is 0 Å². The van der Waals surface area contributed by atoms with Crippen LogP contribution in [0.1, 0.15) is 12.5 Å². The molecule has 0 bridgehead atoms. The second-order valence-electron chi connectivity index (χ2n) is 2.88. The fraction of sp³-hybridized carbons (Fsp3) is 0.200. The van der Waals surface area contributed by atoms with Crippen molar-refractivity contribution in [1.82, 2.24) is 0 Å². The molecule has 0 aliphatic heterocycles. The normalized spacial score (nSPS) is 14.2. The molecule has 0 radical (unpaired) electrons. The number of carbonyl (C=O) groups is 1. The maximum atomic E-state index is 11.0. The smallest absolute Gasteiger partial charge is 0.246 e. The van der Waals surface area contributed by atoms with Gasteiger partial charge in [0.15, 0.2) is 5.41 Å². The van der Waals surface area contributed by atoms with E-state index in [2.05, 4.69) is 0 Å². The lowest BCUT2D eigenvalue weighted by Crippen LogP contribution is -2.26. The van der Waals surface area contributed by atoms with Gasteiger partial charge in [0.1, 0.15) is 0 Å². The first-order chi connectivity index (χ1) is 6.11. The molecule has 0 spiro atoms. The fourth-order valence-corrected chi connectivity index (χ4v) is 1.14. The quantitative estimate of drug-likeness (QED) is 0.676. The molecule has 1 aromatic carbocycles. The van der Waals surface area contributed by atoms with Gasteiger partial charge < -0.3 is 0 Å². The van der Waals surface area contributed by atoms with E-state index < -0.39 is 10.7 Å². The Balaban J connectivity index is 3.21. The van der Waals surface area contributed by atoms with E-state index in [9.17, 15) is 4.79 Å². The van der Waals surface area contributed by atoms with Crippen LogP contribution in [-0.2, 0) is 10.2 Å². The molecule has 0 N–H and O–H groups in total. The van der Waals surface area contributed by atoms with Gasteiger partial charge >= 0.3 is 0 Å². The van der Waals surface area contributed by atoms with Crippen LogP contribution >= 0.6 is 11.6 Å². The van der Waals surface area contributed by atoms with E-state index in [1.807, 2.05) is 12.1 Å². The number of hydrogen-bond donors (Lipinski definition) is 0. The molecular formula is C10H8ClNO. The number of hydrogen-bond acceptors (Lipinski definition) is 2. The standard InChI is InChI=1S/C10H8ClNO/c1-10(7-12,9(11)13)8-5-3-2-4-6-8/h2-6H,1H3/t10-/m0/s1. The Morgan fingerprint density at radius 1 is 1.46 bits per heavy atom. The van der Waals surface area contributed by atoms with E-state index >= 15 is 0 Å². The lowest BCUT2D eigenvalue weighted by atomic mass is 9.85. The van der Waals surface area contributed by atoms with Crippen molar-refractivity contribution in [3.63, 3.8) is 0 Å². The summed E-state index contributed by atoms with van der Waals surface area (Å²) in [4.78, 5) is 11.0. The van der Waals surface area contributed by atoms with Gasteiger partial charge in [-0.25, -0.2) is 0 Å². The average Bonchev–Trinajstić information content (AvgIpc) is 2.17.